The number of unbranched alkanes of at least 4 members (excludes halogenated alkanes) is 1. The molecule has 0 saturated heterocycles. The molecule has 0 aliphatic carbocycles. The Morgan fingerprint density at radius 1 is 0.972 bits per heavy atom. The first-order valence-corrected chi connectivity index (χ1v) is 12.5. The van der Waals surface area contributed by atoms with Crippen molar-refractivity contribution in [2.45, 2.75) is 52.6 Å². The molecule has 6 heteroatoms. The molecule has 4 aromatic rings. The number of hydrogen-bond acceptors (Lipinski definition) is 4. The first kappa shape index (κ1) is 25.3. The highest BCUT2D eigenvalue weighted by Gasteiger charge is 2.18. The van der Waals surface area contributed by atoms with Gasteiger partial charge in [0.05, 0.1) is 37.2 Å². The molecule has 1 atom stereocenters. The maximum absolute atomic E-state index is 12.8. The average Bonchev–Trinajstić information content (AvgIpc) is 3.25. The molecule has 0 spiro atoms. The Balaban J connectivity index is 1.37. The van der Waals surface area contributed by atoms with Crippen LogP contribution in [0.5, 0.6) is 11.5 Å². The number of hydrogen-bond donors (Lipinski definition) is 1. The van der Waals surface area contributed by atoms with E-state index < -0.39 is 0 Å². The highest BCUT2D eigenvalue weighted by Crippen LogP contribution is 2.22. The van der Waals surface area contributed by atoms with Crippen LogP contribution in [0, 0.1) is 13.8 Å². The standard InChI is InChI=1S/C30H35N3O3/c1-21-11-14-26(19-22(21)2)36-18-8-7-17-33-28-10-6-5-9-27(28)32-30(33)23(3)31-29(34)20-24-12-15-25(35-4)16-13-24/h5-6,9-16,19,23H,7-8,17-18,20H2,1-4H3,(H,31,34). The molecule has 36 heavy (non-hydrogen) atoms. The number of aryl methyl sites for hydroxylation is 3. The number of nitrogens with one attached hydrogen (secondary N) is 1. The SMILES string of the molecule is COc1ccc(CC(=O)NC(C)c2nc3ccccc3n2CCCCOc2ccc(C)c(C)c2)cc1. The molecule has 0 fully saturated rings. The third-order valence-corrected chi connectivity index (χ3v) is 6.50. The van der Waals surface area contributed by atoms with E-state index >= 15 is 0 Å². The molecular formula is C30H35N3O3. The first-order valence-electron chi connectivity index (χ1n) is 12.5. The Bertz CT molecular complexity index is 1310. The Morgan fingerprint density at radius 3 is 2.47 bits per heavy atom. The summed E-state index contributed by atoms with van der Waals surface area (Å²) in [5.41, 5.74) is 5.48. The maximum atomic E-state index is 12.8. The third-order valence-electron chi connectivity index (χ3n) is 6.50. The van der Waals surface area contributed by atoms with Crippen molar-refractivity contribution in [1.82, 2.24) is 14.9 Å². The van der Waals surface area contributed by atoms with Crippen LogP contribution in [-0.4, -0.2) is 29.2 Å². The molecule has 1 unspecified atom stereocenters. The molecule has 1 heterocycles. The summed E-state index contributed by atoms with van der Waals surface area (Å²) in [5.74, 6) is 2.53. The Kier molecular flexibility index (Phi) is 8.26. The first-order chi connectivity index (χ1) is 17.4. The predicted molar refractivity (Wildman–Crippen MR) is 144 cm³/mol. The number of carbonyl (C=O) groups is 1. The summed E-state index contributed by atoms with van der Waals surface area (Å²) in [4.78, 5) is 17.6. The molecule has 3 aromatic carbocycles. The zero-order chi connectivity index (χ0) is 25.5. The van der Waals surface area contributed by atoms with Crippen molar-refractivity contribution >= 4 is 16.9 Å². The summed E-state index contributed by atoms with van der Waals surface area (Å²) >= 11 is 0. The molecule has 1 aromatic heterocycles. The normalized spacial score (nSPS) is 11.9. The zero-order valence-corrected chi connectivity index (χ0v) is 21.6. The smallest absolute Gasteiger partial charge is 0.224 e. The van der Waals surface area contributed by atoms with Gasteiger partial charge in [-0.15, -0.1) is 0 Å². The summed E-state index contributed by atoms with van der Waals surface area (Å²) in [6, 6.07) is 21.7. The number of methoxy groups -OCH3 is 1. The number of carbonyl (C=O) groups excluding carboxylic acids is 1. The number of ether oxygens (including phenoxy) is 2. The summed E-state index contributed by atoms with van der Waals surface area (Å²) in [6.07, 6.45) is 2.19. The van der Waals surface area contributed by atoms with Gasteiger partial charge < -0.3 is 19.4 Å². The molecule has 6 nitrogen and oxygen atoms in total. The summed E-state index contributed by atoms with van der Waals surface area (Å²) < 4.78 is 13.4. The minimum Gasteiger partial charge on any atom is -0.497 e. The molecular weight excluding hydrogens is 450 g/mol. The van der Waals surface area contributed by atoms with Gasteiger partial charge in [0.1, 0.15) is 17.3 Å². The Hall–Kier alpha value is -3.80. The number of nitrogens with zero attached hydrogens (tertiary/aromatic N) is 2. The minimum absolute atomic E-state index is 0.0342. The van der Waals surface area contributed by atoms with Gasteiger partial charge in [0.15, 0.2) is 0 Å². The van der Waals surface area contributed by atoms with Crippen LogP contribution in [0.1, 0.15) is 48.3 Å². The van der Waals surface area contributed by atoms with E-state index in [9.17, 15) is 4.79 Å². The monoisotopic (exact) mass is 485 g/mol. The van der Waals surface area contributed by atoms with Gasteiger partial charge in [-0.05, 0) is 86.7 Å². The maximum Gasteiger partial charge on any atom is 0.224 e. The van der Waals surface area contributed by atoms with Crippen LogP contribution in [0.3, 0.4) is 0 Å². The van der Waals surface area contributed by atoms with E-state index in [1.165, 1.54) is 11.1 Å². The van der Waals surface area contributed by atoms with Crippen LogP contribution in [0.4, 0.5) is 0 Å². The minimum atomic E-state index is -0.213. The molecule has 0 radical (unpaired) electrons. The summed E-state index contributed by atoms with van der Waals surface area (Å²) in [5, 5.41) is 3.13. The van der Waals surface area contributed by atoms with Crippen molar-refractivity contribution in [3.05, 3.63) is 89.2 Å². The molecule has 0 aliphatic heterocycles. The predicted octanol–water partition coefficient (Wildman–Crippen LogP) is 5.94. The second-order valence-corrected chi connectivity index (χ2v) is 9.23. The number of amides is 1. The lowest BCUT2D eigenvalue weighted by molar-refractivity contribution is -0.121. The molecule has 1 amide bonds. The van der Waals surface area contributed by atoms with Gasteiger partial charge in [0.25, 0.3) is 0 Å². The van der Waals surface area contributed by atoms with Crippen LogP contribution >= 0.6 is 0 Å². The lowest BCUT2D eigenvalue weighted by atomic mass is 10.1. The molecule has 188 valence electrons. The fraction of sp³-hybridized carbons (Fsp3) is 0.333. The van der Waals surface area contributed by atoms with Gasteiger partial charge in [-0.25, -0.2) is 4.98 Å². The number of rotatable bonds is 11. The Labute approximate surface area is 213 Å². The lowest BCUT2D eigenvalue weighted by Gasteiger charge is -2.17. The van der Waals surface area contributed by atoms with Gasteiger partial charge in [-0.1, -0.05) is 30.3 Å². The molecule has 0 aliphatic rings. The van der Waals surface area contributed by atoms with Gasteiger partial charge in [0.2, 0.25) is 5.91 Å². The van der Waals surface area contributed by atoms with Gasteiger partial charge in [-0.2, -0.15) is 0 Å². The van der Waals surface area contributed by atoms with E-state index in [2.05, 4.69) is 41.9 Å². The van der Waals surface area contributed by atoms with Gasteiger partial charge in [0, 0.05) is 6.54 Å². The van der Waals surface area contributed by atoms with Crippen LogP contribution in [-0.2, 0) is 17.8 Å². The number of fused-ring (bicyclic) bond motifs is 1. The van der Waals surface area contributed by atoms with Crippen molar-refractivity contribution in [2.75, 3.05) is 13.7 Å². The second-order valence-electron chi connectivity index (χ2n) is 9.23. The molecule has 1 N–H and O–H groups in total. The van der Waals surface area contributed by atoms with Gasteiger partial charge in [-0.3, -0.25) is 4.79 Å². The van der Waals surface area contributed by atoms with Crippen molar-refractivity contribution < 1.29 is 14.3 Å². The second kappa shape index (κ2) is 11.8. The van der Waals surface area contributed by atoms with Crippen molar-refractivity contribution in [2.24, 2.45) is 0 Å². The topological polar surface area (TPSA) is 65.4 Å². The van der Waals surface area contributed by atoms with E-state index in [1.54, 1.807) is 7.11 Å². The molecule has 0 bridgehead atoms. The van der Waals surface area contributed by atoms with Crippen LogP contribution in [0.2, 0.25) is 0 Å². The number of para-hydroxylation sites is 2. The Morgan fingerprint density at radius 2 is 1.72 bits per heavy atom. The number of imidazole rings is 1. The van der Waals surface area contributed by atoms with Crippen LogP contribution in [0.15, 0.2) is 66.7 Å². The fourth-order valence-electron chi connectivity index (χ4n) is 4.31. The van der Waals surface area contributed by atoms with E-state index in [0.29, 0.717) is 13.0 Å². The number of aromatic nitrogens is 2. The third kappa shape index (κ3) is 6.25. The van der Waals surface area contributed by atoms with Crippen LogP contribution < -0.4 is 14.8 Å². The highest BCUT2D eigenvalue weighted by atomic mass is 16.5. The highest BCUT2D eigenvalue weighted by molar-refractivity contribution is 5.79. The summed E-state index contributed by atoms with van der Waals surface area (Å²) in [6.45, 7) is 7.68. The van der Waals surface area contributed by atoms with Crippen LogP contribution in [0.25, 0.3) is 11.0 Å². The molecule has 0 saturated carbocycles. The van der Waals surface area contributed by atoms with Gasteiger partial charge >= 0.3 is 0 Å². The fourth-order valence-corrected chi connectivity index (χ4v) is 4.31. The van der Waals surface area contributed by atoms with Crippen molar-refractivity contribution in [1.29, 1.82) is 0 Å². The van der Waals surface area contributed by atoms with Crippen molar-refractivity contribution in [3.8, 4) is 11.5 Å². The average molecular weight is 486 g/mol. The summed E-state index contributed by atoms with van der Waals surface area (Å²) in [7, 11) is 1.63. The zero-order valence-electron chi connectivity index (χ0n) is 21.6. The van der Waals surface area contributed by atoms with E-state index in [0.717, 1.165) is 53.3 Å². The molecule has 4 rings (SSSR count). The quantitative estimate of drug-likeness (QED) is 0.267. The van der Waals surface area contributed by atoms with E-state index in [-0.39, 0.29) is 11.9 Å². The largest absolute Gasteiger partial charge is 0.497 e. The van der Waals surface area contributed by atoms with E-state index in [4.69, 9.17) is 14.5 Å². The van der Waals surface area contributed by atoms with E-state index in [1.807, 2.05) is 55.5 Å². The van der Waals surface area contributed by atoms with Crippen molar-refractivity contribution in [3.63, 3.8) is 0 Å². The lowest BCUT2D eigenvalue weighted by Crippen LogP contribution is -2.30. The number of benzene rings is 3.